The van der Waals surface area contributed by atoms with Crippen LogP contribution < -0.4 is 9.64 Å². The maximum absolute atomic E-state index is 13.3. The molecule has 1 amide bonds. The summed E-state index contributed by atoms with van der Waals surface area (Å²) in [7, 11) is 3.91. The molecule has 4 rings (SSSR count). The van der Waals surface area contributed by atoms with Crippen molar-refractivity contribution in [1.82, 2.24) is 4.90 Å². The quantitative estimate of drug-likeness (QED) is 0.257. The number of likely N-dealkylation sites (tertiary alicyclic amines) is 1. The van der Waals surface area contributed by atoms with E-state index in [1.807, 2.05) is 80.5 Å². The van der Waals surface area contributed by atoms with Crippen LogP contribution in [0.4, 0.5) is 5.69 Å². The van der Waals surface area contributed by atoms with E-state index in [9.17, 15) is 14.7 Å². The van der Waals surface area contributed by atoms with Crippen LogP contribution in [0.25, 0.3) is 5.76 Å². The maximum Gasteiger partial charge on any atom is 0.295 e. The topological polar surface area (TPSA) is 70.1 Å². The van der Waals surface area contributed by atoms with Crippen LogP contribution in [0.15, 0.2) is 84.4 Å². The minimum atomic E-state index is -0.680. The van der Waals surface area contributed by atoms with E-state index in [2.05, 4.69) is 0 Å². The molecule has 6 nitrogen and oxygen atoms in total. The first kappa shape index (κ1) is 25.0. The molecular weight excluding hydrogens is 452 g/mol. The molecule has 1 N–H and O–H groups in total. The molecule has 1 heterocycles. The van der Waals surface area contributed by atoms with Crippen LogP contribution in [0, 0.1) is 0 Å². The van der Waals surface area contributed by atoms with E-state index in [1.54, 1.807) is 29.2 Å². The molecule has 1 fully saturated rings. The highest BCUT2D eigenvalue weighted by atomic mass is 16.5. The van der Waals surface area contributed by atoms with Crippen LogP contribution in [-0.2, 0) is 16.0 Å². The number of hydrogen-bond donors (Lipinski definition) is 1. The molecule has 36 heavy (non-hydrogen) atoms. The maximum atomic E-state index is 13.3. The van der Waals surface area contributed by atoms with E-state index in [1.165, 1.54) is 0 Å². The van der Waals surface area contributed by atoms with Gasteiger partial charge in [-0.05, 0) is 60.4 Å². The third-order valence-electron chi connectivity index (χ3n) is 6.35. The zero-order valence-electron chi connectivity index (χ0n) is 21.0. The Morgan fingerprint density at radius 2 is 1.61 bits per heavy atom. The Kier molecular flexibility index (Phi) is 7.74. The standard InChI is InChI=1S/C30H32N2O4/c1-4-20-36-25-16-12-23(13-17-25)28(33)26-27(22-10-14-24(15-11-22)31(2)3)32(30(35)29(26)34)19-18-21-8-6-5-7-9-21/h5-17,27,33H,4,18-20H2,1-3H3/b28-26+. The van der Waals surface area contributed by atoms with Crippen LogP contribution in [0.3, 0.4) is 0 Å². The Labute approximate surface area is 212 Å². The van der Waals surface area contributed by atoms with Crippen LogP contribution in [-0.4, -0.2) is 48.9 Å². The Morgan fingerprint density at radius 1 is 0.944 bits per heavy atom. The molecule has 1 unspecified atom stereocenters. The van der Waals surface area contributed by atoms with Gasteiger partial charge in [-0.1, -0.05) is 49.4 Å². The smallest absolute Gasteiger partial charge is 0.295 e. The van der Waals surface area contributed by atoms with Gasteiger partial charge in [-0.3, -0.25) is 9.59 Å². The van der Waals surface area contributed by atoms with Crippen molar-refractivity contribution in [3.8, 4) is 5.75 Å². The highest BCUT2D eigenvalue weighted by Gasteiger charge is 2.45. The fraction of sp³-hybridized carbons (Fsp3) is 0.267. The zero-order valence-corrected chi connectivity index (χ0v) is 21.0. The number of ether oxygens (including phenoxy) is 1. The molecule has 0 aromatic heterocycles. The van der Waals surface area contributed by atoms with Crippen molar-refractivity contribution in [2.75, 3.05) is 32.1 Å². The van der Waals surface area contributed by atoms with Crippen LogP contribution in [0.1, 0.15) is 36.1 Å². The monoisotopic (exact) mass is 484 g/mol. The van der Waals surface area contributed by atoms with Gasteiger partial charge in [0, 0.05) is 31.9 Å². The van der Waals surface area contributed by atoms with Gasteiger partial charge in [0.25, 0.3) is 11.7 Å². The Balaban J connectivity index is 1.73. The average molecular weight is 485 g/mol. The van der Waals surface area contributed by atoms with Crippen LogP contribution in [0.2, 0.25) is 0 Å². The van der Waals surface area contributed by atoms with E-state index >= 15 is 0 Å². The minimum absolute atomic E-state index is 0.105. The highest BCUT2D eigenvalue weighted by Crippen LogP contribution is 2.40. The first-order chi connectivity index (χ1) is 17.4. The molecule has 1 aliphatic rings. The normalized spacial score (nSPS) is 16.9. The molecule has 0 saturated carbocycles. The van der Waals surface area contributed by atoms with Gasteiger partial charge in [-0.15, -0.1) is 0 Å². The van der Waals surface area contributed by atoms with E-state index in [4.69, 9.17) is 4.74 Å². The van der Waals surface area contributed by atoms with Gasteiger partial charge in [-0.25, -0.2) is 0 Å². The number of carbonyl (C=O) groups is 2. The number of carbonyl (C=O) groups excluding carboxylic acids is 2. The van der Waals surface area contributed by atoms with E-state index in [0.29, 0.717) is 30.9 Å². The largest absolute Gasteiger partial charge is 0.507 e. The molecule has 186 valence electrons. The van der Waals surface area contributed by atoms with E-state index in [0.717, 1.165) is 23.2 Å². The second-order valence-corrected chi connectivity index (χ2v) is 9.09. The molecule has 1 atom stereocenters. The summed E-state index contributed by atoms with van der Waals surface area (Å²) in [5.41, 5.74) is 3.42. The fourth-order valence-electron chi connectivity index (χ4n) is 4.39. The van der Waals surface area contributed by atoms with Gasteiger partial charge < -0.3 is 19.6 Å². The summed E-state index contributed by atoms with van der Waals surface area (Å²) in [6, 6.07) is 23.8. The Hall–Kier alpha value is -4.06. The first-order valence-corrected chi connectivity index (χ1v) is 12.2. The number of hydrogen-bond acceptors (Lipinski definition) is 5. The lowest BCUT2D eigenvalue weighted by atomic mass is 9.95. The first-order valence-electron chi connectivity index (χ1n) is 12.2. The van der Waals surface area contributed by atoms with Crippen molar-refractivity contribution in [2.45, 2.75) is 25.8 Å². The number of benzene rings is 3. The molecule has 0 bridgehead atoms. The Morgan fingerprint density at radius 3 is 2.22 bits per heavy atom. The van der Waals surface area contributed by atoms with Gasteiger partial charge in [0.1, 0.15) is 11.5 Å². The Bertz CT molecular complexity index is 1230. The SMILES string of the molecule is CCCOc1ccc(/C(O)=C2\C(=O)C(=O)N(CCc3ccccc3)C2c2ccc(N(C)C)cc2)cc1. The number of rotatable bonds is 9. The predicted molar refractivity (Wildman–Crippen MR) is 142 cm³/mol. The molecule has 0 radical (unpaired) electrons. The lowest BCUT2D eigenvalue weighted by molar-refractivity contribution is -0.139. The highest BCUT2D eigenvalue weighted by molar-refractivity contribution is 6.46. The lowest BCUT2D eigenvalue weighted by Gasteiger charge is -2.26. The molecule has 3 aromatic carbocycles. The molecular formula is C30H32N2O4. The van der Waals surface area contributed by atoms with Crippen molar-refractivity contribution in [3.05, 3.63) is 101 Å². The third kappa shape index (κ3) is 5.28. The average Bonchev–Trinajstić information content (AvgIpc) is 3.16. The molecule has 6 heteroatoms. The second kappa shape index (κ2) is 11.1. The lowest BCUT2D eigenvalue weighted by Crippen LogP contribution is -2.31. The molecule has 0 spiro atoms. The summed E-state index contributed by atoms with van der Waals surface area (Å²) in [6.07, 6.45) is 1.49. The third-order valence-corrected chi connectivity index (χ3v) is 6.35. The number of ketones is 1. The van der Waals surface area contributed by atoms with Crippen LogP contribution >= 0.6 is 0 Å². The van der Waals surface area contributed by atoms with Crippen molar-refractivity contribution in [1.29, 1.82) is 0 Å². The summed E-state index contributed by atoms with van der Waals surface area (Å²) in [6.45, 7) is 2.98. The zero-order chi connectivity index (χ0) is 25.7. The minimum Gasteiger partial charge on any atom is -0.507 e. The van der Waals surface area contributed by atoms with Gasteiger partial charge in [0.05, 0.1) is 18.2 Å². The number of amides is 1. The van der Waals surface area contributed by atoms with E-state index < -0.39 is 17.7 Å². The van der Waals surface area contributed by atoms with E-state index in [-0.39, 0.29) is 11.3 Å². The van der Waals surface area contributed by atoms with Crippen LogP contribution in [0.5, 0.6) is 5.75 Å². The van der Waals surface area contributed by atoms with Gasteiger partial charge in [0.15, 0.2) is 0 Å². The van der Waals surface area contributed by atoms with Gasteiger partial charge in [0.2, 0.25) is 0 Å². The van der Waals surface area contributed by atoms with Crippen molar-refractivity contribution in [2.24, 2.45) is 0 Å². The van der Waals surface area contributed by atoms with Gasteiger partial charge >= 0.3 is 0 Å². The number of Topliss-reactive ketones (excluding diaryl/α,β-unsaturated/α-hetero) is 1. The summed E-state index contributed by atoms with van der Waals surface area (Å²) in [5, 5.41) is 11.3. The number of anilines is 1. The number of aliphatic hydroxyl groups is 1. The van der Waals surface area contributed by atoms with Crippen molar-refractivity contribution >= 4 is 23.1 Å². The molecule has 1 aliphatic heterocycles. The fourth-order valence-corrected chi connectivity index (χ4v) is 4.39. The summed E-state index contributed by atoms with van der Waals surface area (Å²) < 4.78 is 5.63. The predicted octanol–water partition coefficient (Wildman–Crippen LogP) is 5.21. The number of aliphatic hydroxyl groups excluding tert-OH is 1. The molecule has 3 aromatic rings. The van der Waals surface area contributed by atoms with Crippen molar-refractivity contribution < 1.29 is 19.4 Å². The van der Waals surface area contributed by atoms with Crippen molar-refractivity contribution in [3.63, 3.8) is 0 Å². The second-order valence-electron chi connectivity index (χ2n) is 9.09. The molecule has 1 saturated heterocycles. The number of nitrogens with zero attached hydrogens (tertiary/aromatic N) is 2. The summed E-state index contributed by atoms with van der Waals surface area (Å²) >= 11 is 0. The summed E-state index contributed by atoms with van der Waals surface area (Å²) in [5.74, 6) is -0.766. The summed E-state index contributed by atoms with van der Waals surface area (Å²) in [4.78, 5) is 30.0. The molecule has 0 aliphatic carbocycles. The van der Waals surface area contributed by atoms with Gasteiger partial charge in [-0.2, -0.15) is 0 Å².